The van der Waals surface area contributed by atoms with Crippen molar-refractivity contribution in [2.24, 2.45) is 7.05 Å². The maximum atomic E-state index is 14.1. The molecule has 2 heterocycles. The van der Waals surface area contributed by atoms with Crippen molar-refractivity contribution in [3.63, 3.8) is 0 Å². The molecule has 172 valence electrons. The highest BCUT2D eigenvalue weighted by molar-refractivity contribution is 7.89. The minimum absolute atomic E-state index is 0.0108. The van der Waals surface area contributed by atoms with Crippen molar-refractivity contribution in [2.75, 3.05) is 26.2 Å². The number of sulfonamides is 2. The van der Waals surface area contributed by atoms with Gasteiger partial charge < -0.3 is 4.57 Å². The molecule has 8 nitrogen and oxygen atoms in total. The predicted octanol–water partition coefficient (Wildman–Crippen LogP) is 1.96. The van der Waals surface area contributed by atoms with Crippen molar-refractivity contribution < 1.29 is 25.6 Å². The first-order valence-corrected chi connectivity index (χ1v) is 13.3. The van der Waals surface area contributed by atoms with E-state index in [2.05, 4.69) is 0 Å². The van der Waals surface area contributed by atoms with Gasteiger partial charge in [-0.25, -0.2) is 25.6 Å². The number of hydrogen-bond donors (Lipinski definition) is 0. The quantitative estimate of drug-likeness (QED) is 0.542. The molecule has 13 heteroatoms. The van der Waals surface area contributed by atoms with Gasteiger partial charge in [0.1, 0.15) is 11.6 Å². The van der Waals surface area contributed by atoms with E-state index in [-0.39, 0.29) is 42.4 Å². The van der Waals surface area contributed by atoms with E-state index >= 15 is 0 Å². The third-order valence-corrected chi connectivity index (χ3v) is 10.2. The summed E-state index contributed by atoms with van der Waals surface area (Å²) >= 11 is 0.930. The predicted molar refractivity (Wildman–Crippen MR) is 116 cm³/mol. The Morgan fingerprint density at radius 1 is 0.875 bits per heavy atom. The van der Waals surface area contributed by atoms with Crippen LogP contribution in [0.25, 0.3) is 10.2 Å². The molecule has 1 aliphatic rings. The Kier molecular flexibility index (Phi) is 5.96. The van der Waals surface area contributed by atoms with Gasteiger partial charge in [0.25, 0.3) is 0 Å². The van der Waals surface area contributed by atoms with Crippen LogP contribution in [0.15, 0.2) is 51.0 Å². The van der Waals surface area contributed by atoms with E-state index in [0.29, 0.717) is 10.2 Å². The Bertz CT molecular complexity index is 1440. The second-order valence-corrected chi connectivity index (χ2v) is 12.1. The summed E-state index contributed by atoms with van der Waals surface area (Å²) < 4.78 is 84.1. The zero-order valence-corrected chi connectivity index (χ0v) is 19.3. The Balaban J connectivity index is 1.61. The number of rotatable bonds is 4. The third-order valence-electron chi connectivity index (χ3n) is 5.33. The largest absolute Gasteiger partial charge is 0.307 e. The van der Waals surface area contributed by atoms with Crippen LogP contribution in [-0.2, 0) is 27.1 Å². The Labute approximate surface area is 187 Å². The highest BCUT2D eigenvalue weighted by Gasteiger charge is 2.34. The first-order valence-electron chi connectivity index (χ1n) is 9.57. The molecule has 0 aliphatic carbocycles. The van der Waals surface area contributed by atoms with Gasteiger partial charge in [-0.2, -0.15) is 8.61 Å². The number of fused-ring (bicyclic) bond motifs is 1. The van der Waals surface area contributed by atoms with Crippen molar-refractivity contribution in [3.8, 4) is 0 Å². The molecule has 3 aromatic rings. The minimum atomic E-state index is -4.49. The van der Waals surface area contributed by atoms with E-state index in [0.717, 1.165) is 38.1 Å². The van der Waals surface area contributed by atoms with Gasteiger partial charge in [-0.1, -0.05) is 17.4 Å². The molecule has 4 rings (SSSR count). The summed E-state index contributed by atoms with van der Waals surface area (Å²) in [5, 5.41) is 0. The highest BCUT2D eigenvalue weighted by Crippen LogP contribution is 2.27. The fraction of sp³-hybridized carbons (Fsp3) is 0.316. The molecule has 32 heavy (non-hydrogen) atoms. The number of aromatic nitrogens is 1. The normalized spacial score (nSPS) is 17.0. The number of hydrogen-bond acceptors (Lipinski definition) is 6. The monoisotopic (exact) mass is 503 g/mol. The molecule has 1 aromatic heterocycles. The molecule has 0 saturated carbocycles. The van der Waals surface area contributed by atoms with Crippen LogP contribution >= 0.6 is 11.3 Å². The molecule has 0 bridgehead atoms. The number of thiazole rings is 1. The first kappa shape index (κ1) is 23.0. The summed E-state index contributed by atoms with van der Waals surface area (Å²) in [6.45, 7) is -0.477. The Morgan fingerprint density at radius 2 is 1.47 bits per heavy atom. The lowest BCUT2D eigenvalue weighted by atomic mass is 10.3. The van der Waals surface area contributed by atoms with Crippen LogP contribution in [0.4, 0.5) is 8.78 Å². The van der Waals surface area contributed by atoms with Gasteiger partial charge in [-0.3, -0.25) is 4.79 Å². The van der Waals surface area contributed by atoms with Gasteiger partial charge in [0.15, 0.2) is 4.90 Å². The lowest BCUT2D eigenvalue weighted by Crippen LogP contribution is -2.37. The maximum absolute atomic E-state index is 14.1. The minimum Gasteiger partial charge on any atom is -0.302 e. The van der Waals surface area contributed by atoms with E-state index in [1.54, 1.807) is 13.1 Å². The number of aryl methyl sites for hydroxylation is 1. The van der Waals surface area contributed by atoms with Crippen LogP contribution in [0.5, 0.6) is 0 Å². The second-order valence-electron chi connectivity index (χ2n) is 7.27. The van der Waals surface area contributed by atoms with E-state index in [4.69, 9.17) is 0 Å². The molecule has 1 saturated heterocycles. The second kappa shape index (κ2) is 8.30. The lowest BCUT2D eigenvalue weighted by Gasteiger charge is -2.22. The van der Waals surface area contributed by atoms with Crippen LogP contribution in [-0.4, -0.2) is 56.2 Å². The topological polar surface area (TPSA) is 96.8 Å². The van der Waals surface area contributed by atoms with E-state index in [9.17, 15) is 30.4 Å². The van der Waals surface area contributed by atoms with Gasteiger partial charge in [0.2, 0.25) is 20.0 Å². The van der Waals surface area contributed by atoms with Crippen molar-refractivity contribution in [2.45, 2.75) is 16.2 Å². The molecule has 1 fully saturated rings. The summed E-state index contributed by atoms with van der Waals surface area (Å²) in [6, 6.07) is 7.16. The average molecular weight is 504 g/mol. The van der Waals surface area contributed by atoms with Gasteiger partial charge in [0, 0.05) is 33.2 Å². The maximum Gasteiger partial charge on any atom is 0.307 e. The van der Waals surface area contributed by atoms with Crippen LogP contribution < -0.4 is 4.87 Å². The number of nitrogens with zero attached hydrogens (tertiary/aromatic N) is 3. The number of benzene rings is 2. The molecule has 1 aliphatic heterocycles. The summed E-state index contributed by atoms with van der Waals surface area (Å²) in [4.78, 5) is 10.6. The molecule has 0 N–H and O–H groups in total. The van der Waals surface area contributed by atoms with Crippen LogP contribution in [0, 0.1) is 11.6 Å². The van der Waals surface area contributed by atoms with Crippen molar-refractivity contribution in [1.82, 2.24) is 13.2 Å². The zero-order valence-electron chi connectivity index (χ0n) is 16.9. The molecule has 0 amide bonds. The van der Waals surface area contributed by atoms with E-state index < -0.39 is 36.6 Å². The third kappa shape index (κ3) is 3.88. The highest BCUT2D eigenvalue weighted by atomic mass is 32.2. The molecule has 2 aromatic carbocycles. The lowest BCUT2D eigenvalue weighted by molar-refractivity contribution is 0.399. The molecule has 0 radical (unpaired) electrons. The van der Waals surface area contributed by atoms with Crippen molar-refractivity contribution in [1.29, 1.82) is 0 Å². The van der Waals surface area contributed by atoms with Crippen LogP contribution in [0.1, 0.15) is 6.42 Å². The molecule has 0 spiro atoms. The van der Waals surface area contributed by atoms with Crippen molar-refractivity contribution in [3.05, 3.63) is 57.7 Å². The standard InChI is InChI=1S/C19H19F2N3O5S3/c1-22-16-7-6-13(12-17(16)30-19(22)25)31(26,27)23-8-3-9-24(11-10-23)32(28,29)18-14(20)4-2-5-15(18)21/h2,4-7,12H,3,8-11H2,1H3. The van der Waals surface area contributed by atoms with E-state index in [1.807, 2.05) is 0 Å². The molecule has 0 atom stereocenters. The first-order chi connectivity index (χ1) is 15.0. The van der Waals surface area contributed by atoms with Gasteiger partial charge in [-0.05, 0) is 36.8 Å². The summed E-state index contributed by atoms with van der Waals surface area (Å²) in [7, 11) is -6.86. The van der Waals surface area contributed by atoms with Crippen LogP contribution in [0.2, 0.25) is 0 Å². The average Bonchev–Trinajstić information content (AvgIpc) is 2.90. The molecular formula is C19H19F2N3O5S3. The smallest absolute Gasteiger partial charge is 0.302 e. The fourth-order valence-corrected chi connectivity index (χ4v) is 7.70. The Hall–Kier alpha value is -2.19. The van der Waals surface area contributed by atoms with Gasteiger partial charge in [-0.15, -0.1) is 0 Å². The fourth-order valence-electron chi connectivity index (χ4n) is 3.63. The summed E-state index contributed by atoms with van der Waals surface area (Å²) in [5.74, 6) is -2.40. The van der Waals surface area contributed by atoms with Crippen molar-refractivity contribution >= 4 is 41.6 Å². The Morgan fingerprint density at radius 3 is 2.09 bits per heavy atom. The molecular weight excluding hydrogens is 484 g/mol. The summed E-state index contributed by atoms with van der Waals surface area (Å²) in [6.07, 6.45) is 0.148. The van der Waals surface area contributed by atoms with E-state index in [1.165, 1.54) is 16.7 Å². The van der Waals surface area contributed by atoms with Gasteiger partial charge in [0.05, 0.1) is 15.1 Å². The number of halogens is 2. The SMILES string of the molecule is Cn1c(=O)sc2cc(S(=O)(=O)N3CCCN(S(=O)(=O)c4c(F)cccc4F)CC3)ccc21. The zero-order chi connectivity index (χ0) is 23.3. The van der Waals surface area contributed by atoms with Crippen LogP contribution in [0.3, 0.4) is 0 Å². The van der Waals surface area contributed by atoms with Gasteiger partial charge >= 0.3 is 4.87 Å². The molecule has 0 unspecified atom stereocenters. The summed E-state index contributed by atoms with van der Waals surface area (Å²) in [5.41, 5.74) is 0.610.